The number of likely N-dealkylation sites (N-methyl/N-ethyl adjacent to an activating group) is 1. The first kappa shape index (κ1) is 25.2. The molecule has 9 heteroatoms. The van der Waals surface area contributed by atoms with Crippen LogP contribution in [0.15, 0.2) is 30.5 Å². The Balaban J connectivity index is 2.42. The number of fused-ring (bicyclic) bond motifs is 1. The highest BCUT2D eigenvalue weighted by Crippen LogP contribution is 2.24. The summed E-state index contributed by atoms with van der Waals surface area (Å²) in [5.41, 5.74) is -0.0660. The number of nitrogens with one attached hydrogen (secondary N) is 1. The highest BCUT2D eigenvalue weighted by Gasteiger charge is 2.29. The Hall–Kier alpha value is -3.07. The highest BCUT2D eigenvalue weighted by molar-refractivity contribution is 5.93. The van der Waals surface area contributed by atoms with Crippen LogP contribution < -0.4 is 5.32 Å². The summed E-state index contributed by atoms with van der Waals surface area (Å²) in [6.07, 6.45) is 0.484. The minimum absolute atomic E-state index is 0.113. The predicted octanol–water partition coefficient (Wildman–Crippen LogP) is 3.88. The van der Waals surface area contributed by atoms with Gasteiger partial charge >= 0.3 is 12.2 Å². The maximum atomic E-state index is 12.9. The molecule has 2 rings (SSSR count). The first-order valence-corrected chi connectivity index (χ1v) is 10.4. The number of carbonyl (C=O) groups excluding carboxylic acids is 3. The number of para-hydroxylation sites is 1. The monoisotopic (exact) mass is 447 g/mol. The number of carbonyl (C=O) groups is 3. The number of amides is 2. The Morgan fingerprint density at radius 2 is 1.62 bits per heavy atom. The van der Waals surface area contributed by atoms with E-state index >= 15 is 0 Å². The van der Waals surface area contributed by atoms with Crippen LogP contribution in [0.5, 0.6) is 0 Å². The molecule has 9 nitrogen and oxygen atoms in total. The third-order valence-electron chi connectivity index (χ3n) is 4.38. The van der Waals surface area contributed by atoms with Crippen molar-refractivity contribution in [3.63, 3.8) is 0 Å². The summed E-state index contributed by atoms with van der Waals surface area (Å²) in [6.45, 7) is 10.6. The lowest BCUT2D eigenvalue weighted by atomic mass is 10.0. The van der Waals surface area contributed by atoms with Crippen LogP contribution in [-0.2, 0) is 25.5 Å². The number of ether oxygens (including phenoxy) is 2. The molecule has 176 valence electrons. The number of aromatic nitrogens is 1. The average Bonchev–Trinajstić information content (AvgIpc) is 3.02. The van der Waals surface area contributed by atoms with Crippen molar-refractivity contribution >= 4 is 29.0 Å². The zero-order valence-corrected chi connectivity index (χ0v) is 20.0. The van der Waals surface area contributed by atoms with Crippen LogP contribution in [0.1, 0.15) is 47.1 Å². The highest BCUT2D eigenvalue weighted by atomic mass is 16.7. The molecule has 0 radical (unpaired) electrons. The van der Waals surface area contributed by atoms with Crippen LogP contribution in [0, 0.1) is 0 Å². The zero-order valence-electron chi connectivity index (χ0n) is 20.0. The molecule has 0 fully saturated rings. The van der Waals surface area contributed by atoms with Crippen molar-refractivity contribution in [2.45, 2.75) is 65.2 Å². The molecule has 0 spiro atoms. The van der Waals surface area contributed by atoms with Gasteiger partial charge in [-0.2, -0.15) is 0 Å². The lowest BCUT2D eigenvalue weighted by molar-refractivity contribution is -0.171. The van der Waals surface area contributed by atoms with Crippen molar-refractivity contribution in [1.29, 1.82) is 0 Å². The maximum Gasteiger partial charge on any atom is 0.419 e. The summed E-state index contributed by atoms with van der Waals surface area (Å²) in [5, 5.41) is 4.42. The van der Waals surface area contributed by atoms with Crippen molar-refractivity contribution < 1.29 is 28.7 Å². The van der Waals surface area contributed by atoms with E-state index in [1.165, 1.54) is 18.7 Å². The number of hydroxylamine groups is 2. The molecular weight excluding hydrogens is 414 g/mol. The van der Waals surface area contributed by atoms with E-state index in [1.807, 2.05) is 18.2 Å². The molecule has 1 aromatic carbocycles. The third-order valence-corrected chi connectivity index (χ3v) is 4.38. The maximum absolute atomic E-state index is 12.9. The van der Waals surface area contributed by atoms with E-state index in [4.69, 9.17) is 14.3 Å². The Morgan fingerprint density at radius 3 is 2.19 bits per heavy atom. The summed E-state index contributed by atoms with van der Waals surface area (Å²) in [7, 11) is 2.81. The molecule has 1 aromatic heterocycles. The van der Waals surface area contributed by atoms with Crippen molar-refractivity contribution in [3.8, 4) is 0 Å². The van der Waals surface area contributed by atoms with E-state index in [2.05, 4.69) is 5.32 Å². The fourth-order valence-corrected chi connectivity index (χ4v) is 3.05. The molecule has 1 unspecified atom stereocenters. The third kappa shape index (κ3) is 6.71. The SMILES string of the molecule is CON(C)C(=O)C(Cc1cn(C(=O)OC(C)(C)C)c2ccccc12)NC(=O)OC(C)(C)C. The summed E-state index contributed by atoms with van der Waals surface area (Å²) in [5.74, 6) is -0.465. The molecule has 0 bridgehead atoms. The van der Waals surface area contributed by atoms with Gasteiger partial charge in [-0.1, -0.05) is 18.2 Å². The van der Waals surface area contributed by atoms with Crippen LogP contribution in [0.25, 0.3) is 10.9 Å². The second-order valence-corrected chi connectivity index (χ2v) is 9.44. The Morgan fingerprint density at radius 1 is 1.03 bits per heavy atom. The van der Waals surface area contributed by atoms with Gasteiger partial charge in [-0.3, -0.25) is 14.2 Å². The van der Waals surface area contributed by atoms with Gasteiger partial charge in [0.15, 0.2) is 0 Å². The van der Waals surface area contributed by atoms with Gasteiger partial charge in [-0.25, -0.2) is 14.7 Å². The molecule has 0 aliphatic carbocycles. The molecular formula is C23H33N3O6. The van der Waals surface area contributed by atoms with E-state index < -0.39 is 35.3 Å². The molecule has 2 amide bonds. The van der Waals surface area contributed by atoms with Crippen LogP contribution in [0.2, 0.25) is 0 Å². The standard InChI is InChI=1S/C23H33N3O6/c1-22(2,3)31-20(28)24-17(19(27)25(7)30-8)13-15-14-26(21(29)32-23(4,5)6)18-12-10-9-11-16(15)18/h9-12,14,17H,13H2,1-8H3,(H,24,28). The number of hydrogen-bond acceptors (Lipinski definition) is 6. The molecule has 0 aliphatic heterocycles. The van der Waals surface area contributed by atoms with Gasteiger partial charge in [0.1, 0.15) is 17.2 Å². The van der Waals surface area contributed by atoms with E-state index in [1.54, 1.807) is 53.8 Å². The average molecular weight is 448 g/mol. The number of benzene rings is 1. The smallest absolute Gasteiger partial charge is 0.419 e. The largest absolute Gasteiger partial charge is 0.444 e. The van der Waals surface area contributed by atoms with Crippen LogP contribution in [-0.4, -0.2) is 59.1 Å². The first-order valence-electron chi connectivity index (χ1n) is 10.4. The van der Waals surface area contributed by atoms with Crippen molar-refractivity contribution in [2.24, 2.45) is 0 Å². The van der Waals surface area contributed by atoms with Gasteiger partial charge in [-0.15, -0.1) is 0 Å². The van der Waals surface area contributed by atoms with Crippen LogP contribution in [0.3, 0.4) is 0 Å². The minimum atomic E-state index is -0.979. The van der Waals surface area contributed by atoms with E-state index in [-0.39, 0.29) is 6.42 Å². The van der Waals surface area contributed by atoms with Gasteiger partial charge in [0.2, 0.25) is 0 Å². The molecule has 1 heterocycles. The van der Waals surface area contributed by atoms with Gasteiger partial charge < -0.3 is 14.8 Å². The van der Waals surface area contributed by atoms with Crippen LogP contribution in [0.4, 0.5) is 9.59 Å². The Bertz CT molecular complexity index is 984. The zero-order chi connectivity index (χ0) is 24.3. The Kier molecular flexibility index (Phi) is 7.56. The van der Waals surface area contributed by atoms with Gasteiger partial charge in [-0.05, 0) is 53.2 Å². The molecule has 32 heavy (non-hydrogen) atoms. The normalized spacial score (nSPS) is 12.9. The Labute approximate surface area is 188 Å². The molecule has 0 saturated heterocycles. The van der Waals surface area contributed by atoms with E-state index in [0.29, 0.717) is 11.1 Å². The van der Waals surface area contributed by atoms with Gasteiger partial charge in [0, 0.05) is 25.1 Å². The summed E-state index contributed by atoms with van der Waals surface area (Å²) >= 11 is 0. The number of rotatable bonds is 5. The topological polar surface area (TPSA) is 99.1 Å². The van der Waals surface area contributed by atoms with Crippen molar-refractivity contribution in [2.75, 3.05) is 14.2 Å². The number of nitrogens with zero attached hydrogens (tertiary/aromatic N) is 2. The van der Waals surface area contributed by atoms with Gasteiger partial charge in [0.05, 0.1) is 12.6 Å². The van der Waals surface area contributed by atoms with Crippen molar-refractivity contribution in [1.82, 2.24) is 14.9 Å². The van der Waals surface area contributed by atoms with E-state index in [0.717, 1.165) is 10.4 Å². The first-order chi connectivity index (χ1) is 14.7. The molecule has 1 atom stereocenters. The second-order valence-electron chi connectivity index (χ2n) is 9.44. The summed E-state index contributed by atoms with van der Waals surface area (Å²) < 4.78 is 12.2. The van der Waals surface area contributed by atoms with Crippen molar-refractivity contribution in [3.05, 3.63) is 36.0 Å². The fraction of sp³-hybridized carbons (Fsp3) is 0.522. The molecule has 0 aliphatic rings. The minimum Gasteiger partial charge on any atom is -0.444 e. The second kappa shape index (κ2) is 9.60. The van der Waals surface area contributed by atoms with Crippen LogP contribution >= 0.6 is 0 Å². The molecule has 1 N–H and O–H groups in total. The van der Waals surface area contributed by atoms with E-state index in [9.17, 15) is 14.4 Å². The summed E-state index contributed by atoms with van der Waals surface area (Å²) in [6, 6.07) is 6.31. The fourth-order valence-electron chi connectivity index (χ4n) is 3.05. The summed E-state index contributed by atoms with van der Waals surface area (Å²) in [4.78, 5) is 43.0. The van der Waals surface area contributed by atoms with Gasteiger partial charge in [0.25, 0.3) is 5.91 Å². The number of hydrogen-bond donors (Lipinski definition) is 1. The lowest BCUT2D eigenvalue weighted by Crippen LogP contribution is -2.49. The molecule has 0 saturated carbocycles. The number of alkyl carbamates (subject to hydrolysis) is 1. The molecule has 2 aromatic rings. The lowest BCUT2D eigenvalue weighted by Gasteiger charge is -2.25. The predicted molar refractivity (Wildman–Crippen MR) is 120 cm³/mol. The quantitative estimate of drug-likeness (QED) is 0.699.